The number of fused-ring (bicyclic) bond motifs is 1. The number of methoxy groups -OCH3 is 1. The van der Waals surface area contributed by atoms with Gasteiger partial charge in [-0.25, -0.2) is 0 Å². The van der Waals surface area contributed by atoms with Gasteiger partial charge in [0.25, 0.3) is 0 Å². The monoisotopic (exact) mass is 250 g/mol. The number of nitrogens with one attached hydrogen (secondary N) is 1. The number of aromatic nitrogens is 2. The van der Waals surface area contributed by atoms with Crippen LogP contribution >= 0.6 is 12.2 Å². The maximum absolute atomic E-state index is 5.35. The number of nitrogens with zero attached hydrogens (tertiary/aromatic N) is 1. The van der Waals surface area contributed by atoms with Crippen LogP contribution < -0.4 is 4.74 Å². The molecule has 1 aromatic heterocycles. The predicted molar refractivity (Wildman–Crippen MR) is 73.1 cm³/mol. The first kappa shape index (κ1) is 12.2. The fraction of sp³-hybridized carbons (Fsp3) is 0.462. The van der Waals surface area contributed by atoms with E-state index >= 15 is 0 Å². The molecular formula is C13H18N2OS. The largest absolute Gasteiger partial charge is 0.497 e. The topological polar surface area (TPSA) is 29.9 Å². The molecule has 4 heteroatoms. The summed E-state index contributed by atoms with van der Waals surface area (Å²) in [7, 11) is 1.67. The van der Waals surface area contributed by atoms with E-state index < -0.39 is 0 Å². The van der Waals surface area contributed by atoms with E-state index in [0.29, 0.717) is 5.92 Å². The minimum absolute atomic E-state index is 0.681. The Kier molecular flexibility index (Phi) is 3.52. The summed E-state index contributed by atoms with van der Waals surface area (Å²) >= 11 is 5.35. The highest BCUT2D eigenvalue weighted by Crippen LogP contribution is 2.21. The zero-order valence-corrected chi connectivity index (χ0v) is 11.3. The molecule has 0 amide bonds. The molecular weight excluding hydrogens is 232 g/mol. The normalized spacial score (nSPS) is 11.3. The van der Waals surface area contributed by atoms with Crippen molar-refractivity contribution in [1.29, 1.82) is 0 Å². The molecule has 3 nitrogen and oxygen atoms in total. The lowest BCUT2D eigenvalue weighted by Crippen LogP contribution is -2.01. The molecule has 92 valence electrons. The smallest absolute Gasteiger partial charge is 0.178 e. The van der Waals surface area contributed by atoms with E-state index in [1.54, 1.807) is 7.11 Å². The average molecular weight is 250 g/mol. The number of rotatable bonds is 4. The number of hydrogen-bond acceptors (Lipinski definition) is 2. The third-order valence-corrected chi connectivity index (χ3v) is 3.23. The fourth-order valence-corrected chi connectivity index (χ4v) is 2.18. The molecule has 0 saturated heterocycles. The van der Waals surface area contributed by atoms with Gasteiger partial charge in [0.05, 0.1) is 18.1 Å². The van der Waals surface area contributed by atoms with Crippen molar-refractivity contribution in [1.82, 2.24) is 9.55 Å². The number of aromatic amines is 1. The number of H-pyrrole nitrogens is 1. The molecule has 0 bridgehead atoms. The molecule has 0 aliphatic heterocycles. The van der Waals surface area contributed by atoms with Crippen LogP contribution in [-0.4, -0.2) is 16.7 Å². The van der Waals surface area contributed by atoms with Crippen LogP contribution in [0.25, 0.3) is 11.0 Å². The Balaban J connectivity index is 2.42. The molecule has 0 aliphatic carbocycles. The summed E-state index contributed by atoms with van der Waals surface area (Å²) in [5.74, 6) is 1.53. The first-order chi connectivity index (χ1) is 8.11. The van der Waals surface area contributed by atoms with Crippen molar-refractivity contribution < 1.29 is 4.74 Å². The van der Waals surface area contributed by atoms with E-state index in [1.807, 2.05) is 12.1 Å². The van der Waals surface area contributed by atoms with Gasteiger partial charge in [-0.15, -0.1) is 0 Å². The van der Waals surface area contributed by atoms with Gasteiger partial charge >= 0.3 is 0 Å². The van der Waals surface area contributed by atoms with Gasteiger partial charge in [-0.1, -0.05) is 13.8 Å². The van der Waals surface area contributed by atoms with E-state index in [9.17, 15) is 0 Å². The quantitative estimate of drug-likeness (QED) is 0.837. The Morgan fingerprint density at radius 2 is 2.18 bits per heavy atom. The van der Waals surface area contributed by atoms with E-state index in [-0.39, 0.29) is 0 Å². The SMILES string of the molecule is COc1ccc2c(c1)[nH]c(=S)n2CCC(C)C. The summed E-state index contributed by atoms with van der Waals surface area (Å²) in [6, 6.07) is 6.01. The first-order valence-electron chi connectivity index (χ1n) is 5.88. The van der Waals surface area contributed by atoms with Gasteiger partial charge in [-0.2, -0.15) is 0 Å². The molecule has 1 heterocycles. The molecule has 0 fully saturated rings. The molecule has 2 rings (SSSR count). The highest BCUT2D eigenvalue weighted by Gasteiger charge is 2.06. The summed E-state index contributed by atoms with van der Waals surface area (Å²) in [5.41, 5.74) is 2.19. The van der Waals surface area contributed by atoms with Gasteiger partial charge in [0.2, 0.25) is 0 Å². The zero-order chi connectivity index (χ0) is 12.4. The maximum atomic E-state index is 5.35. The number of benzene rings is 1. The standard InChI is InChI=1S/C13H18N2OS/c1-9(2)6-7-15-12-5-4-10(16-3)8-11(12)14-13(15)17/h4-5,8-9H,6-7H2,1-3H3,(H,14,17). The first-order valence-corrected chi connectivity index (χ1v) is 6.29. The van der Waals surface area contributed by atoms with Crippen molar-refractivity contribution in [3.63, 3.8) is 0 Å². The number of aryl methyl sites for hydroxylation is 1. The van der Waals surface area contributed by atoms with Gasteiger partial charge in [0.15, 0.2) is 4.77 Å². The lowest BCUT2D eigenvalue weighted by molar-refractivity contribution is 0.415. The second-order valence-electron chi connectivity index (χ2n) is 4.65. The van der Waals surface area contributed by atoms with Gasteiger partial charge in [0.1, 0.15) is 5.75 Å². The summed E-state index contributed by atoms with van der Waals surface area (Å²) in [4.78, 5) is 3.22. The van der Waals surface area contributed by atoms with Crippen molar-refractivity contribution in [3.05, 3.63) is 23.0 Å². The van der Waals surface area contributed by atoms with Crippen LogP contribution in [0.15, 0.2) is 18.2 Å². The molecule has 0 atom stereocenters. The lowest BCUT2D eigenvalue weighted by Gasteiger charge is -2.07. The molecule has 0 saturated carbocycles. The van der Waals surface area contributed by atoms with Crippen molar-refractivity contribution in [2.24, 2.45) is 5.92 Å². The number of imidazole rings is 1. The fourth-order valence-electron chi connectivity index (χ4n) is 1.88. The van der Waals surface area contributed by atoms with Crippen LogP contribution in [0.1, 0.15) is 20.3 Å². The van der Waals surface area contributed by atoms with Gasteiger partial charge in [0, 0.05) is 12.6 Å². The summed E-state index contributed by atoms with van der Waals surface area (Å²) in [5, 5.41) is 0. The summed E-state index contributed by atoms with van der Waals surface area (Å²) in [6.07, 6.45) is 1.13. The van der Waals surface area contributed by atoms with E-state index in [0.717, 1.165) is 34.5 Å². The Hall–Kier alpha value is -1.29. The number of hydrogen-bond donors (Lipinski definition) is 1. The van der Waals surface area contributed by atoms with Gasteiger partial charge in [-0.3, -0.25) is 0 Å². The van der Waals surface area contributed by atoms with E-state index in [2.05, 4.69) is 29.5 Å². The van der Waals surface area contributed by atoms with Crippen LogP contribution in [0.2, 0.25) is 0 Å². The van der Waals surface area contributed by atoms with Crippen LogP contribution in [0, 0.1) is 10.7 Å². The highest BCUT2D eigenvalue weighted by molar-refractivity contribution is 7.71. The number of ether oxygens (including phenoxy) is 1. The Morgan fingerprint density at radius 3 is 2.82 bits per heavy atom. The molecule has 0 unspecified atom stereocenters. The van der Waals surface area contributed by atoms with Crippen LogP contribution in [-0.2, 0) is 6.54 Å². The maximum Gasteiger partial charge on any atom is 0.178 e. The van der Waals surface area contributed by atoms with Gasteiger partial charge in [-0.05, 0) is 36.7 Å². The van der Waals surface area contributed by atoms with Crippen molar-refractivity contribution in [2.75, 3.05) is 7.11 Å². The second kappa shape index (κ2) is 4.92. The van der Waals surface area contributed by atoms with Gasteiger partial charge < -0.3 is 14.3 Å². The molecule has 0 spiro atoms. The average Bonchev–Trinajstić information content (AvgIpc) is 2.60. The summed E-state index contributed by atoms with van der Waals surface area (Å²) < 4.78 is 8.15. The second-order valence-corrected chi connectivity index (χ2v) is 5.03. The molecule has 17 heavy (non-hydrogen) atoms. The molecule has 2 aromatic rings. The molecule has 1 N–H and O–H groups in total. The molecule has 0 aliphatic rings. The van der Waals surface area contributed by atoms with E-state index in [1.165, 1.54) is 0 Å². The van der Waals surface area contributed by atoms with Crippen molar-refractivity contribution in [2.45, 2.75) is 26.8 Å². The van der Waals surface area contributed by atoms with Crippen molar-refractivity contribution in [3.8, 4) is 5.75 Å². The third-order valence-electron chi connectivity index (χ3n) is 2.91. The van der Waals surface area contributed by atoms with E-state index in [4.69, 9.17) is 17.0 Å². The lowest BCUT2D eigenvalue weighted by atomic mass is 10.1. The van der Waals surface area contributed by atoms with Crippen molar-refractivity contribution >= 4 is 23.3 Å². The van der Waals surface area contributed by atoms with Crippen LogP contribution in [0.5, 0.6) is 5.75 Å². The Morgan fingerprint density at radius 1 is 1.41 bits per heavy atom. The molecule has 0 radical (unpaired) electrons. The minimum atomic E-state index is 0.681. The summed E-state index contributed by atoms with van der Waals surface area (Å²) in [6.45, 7) is 5.41. The van der Waals surface area contributed by atoms with Crippen LogP contribution in [0.4, 0.5) is 0 Å². The predicted octanol–water partition coefficient (Wildman–Crippen LogP) is 3.75. The molecule has 1 aromatic carbocycles. The highest BCUT2D eigenvalue weighted by atomic mass is 32.1. The third kappa shape index (κ3) is 2.52. The Labute approximate surface area is 106 Å². The van der Waals surface area contributed by atoms with Crippen LogP contribution in [0.3, 0.4) is 0 Å². The minimum Gasteiger partial charge on any atom is -0.497 e. The zero-order valence-electron chi connectivity index (χ0n) is 10.5. The Bertz CT molecular complexity index is 568.